The molecule has 0 spiro atoms. The van der Waals surface area contributed by atoms with Crippen LogP contribution in [0.15, 0.2) is 60.7 Å². The third-order valence-corrected chi connectivity index (χ3v) is 8.62. The number of nitrogens with zero attached hydrogens (tertiary/aromatic N) is 2. The molecule has 4 aromatic rings. The molecule has 0 bridgehead atoms. The van der Waals surface area contributed by atoms with Crippen molar-refractivity contribution < 1.29 is 9.59 Å². The second kappa shape index (κ2) is 11.6. The van der Waals surface area contributed by atoms with Gasteiger partial charge in [0.05, 0.1) is 16.3 Å². The molecule has 0 atom stereocenters. The maximum atomic E-state index is 13.3. The number of thiophene rings is 1. The predicted molar refractivity (Wildman–Crippen MR) is 158 cm³/mol. The van der Waals surface area contributed by atoms with Crippen LogP contribution in [0.2, 0.25) is 15.1 Å². The van der Waals surface area contributed by atoms with Gasteiger partial charge in [0, 0.05) is 58.5 Å². The Morgan fingerprint density at radius 1 is 0.842 bits per heavy atom. The molecular formula is C28H25Cl3N4O2S. The molecule has 2 N–H and O–H groups in total. The molecule has 0 saturated carbocycles. The van der Waals surface area contributed by atoms with Gasteiger partial charge in [-0.1, -0.05) is 46.9 Å². The average Bonchev–Trinajstić information content (AvgIpc) is 3.23. The quantitative estimate of drug-likeness (QED) is 0.252. The summed E-state index contributed by atoms with van der Waals surface area (Å²) in [4.78, 5) is 31.5. The van der Waals surface area contributed by atoms with Crippen LogP contribution in [0.1, 0.15) is 25.6 Å². The van der Waals surface area contributed by atoms with Crippen molar-refractivity contribution in [3.8, 4) is 0 Å². The Labute approximate surface area is 240 Å². The molecular weight excluding hydrogens is 563 g/mol. The minimum Gasteiger partial charge on any atom is -0.322 e. The normalized spacial score (nSPS) is 14.5. The summed E-state index contributed by atoms with van der Waals surface area (Å²) in [5.74, 6) is -0.805. The molecule has 1 aliphatic rings. The Morgan fingerprint density at radius 3 is 2.29 bits per heavy atom. The number of anilines is 2. The summed E-state index contributed by atoms with van der Waals surface area (Å²) in [6, 6.07) is 17.6. The SMILES string of the molecule is CN1CCN(Cc2ccc3c(Cl)c(C(=O)Nc4ccc(Cl)cc4C(=O)Nc4ccc(Cl)cc4)sc3c2)CC1. The Bertz CT molecular complexity index is 1500. The first-order valence-electron chi connectivity index (χ1n) is 12.1. The van der Waals surface area contributed by atoms with Crippen LogP contribution < -0.4 is 10.6 Å². The minimum absolute atomic E-state index is 0.229. The van der Waals surface area contributed by atoms with Gasteiger partial charge in [0.2, 0.25) is 0 Å². The van der Waals surface area contributed by atoms with E-state index in [0.717, 1.165) is 42.8 Å². The zero-order chi connectivity index (χ0) is 26.8. The van der Waals surface area contributed by atoms with Gasteiger partial charge in [-0.25, -0.2) is 0 Å². The lowest BCUT2D eigenvalue weighted by Crippen LogP contribution is -2.43. The number of rotatable bonds is 6. The number of halogens is 3. The summed E-state index contributed by atoms with van der Waals surface area (Å²) in [6.07, 6.45) is 0. The molecule has 6 nitrogen and oxygen atoms in total. The van der Waals surface area contributed by atoms with Gasteiger partial charge in [-0.05, 0) is 61.1 Å². The van der Waals surface area contributed by atoms with E-state index in [-0.39, 0.29) is 11.5 Å². The van der Waals surface area contributed by atoms with Crippen LogP contribution in [-0.4, -0.2) is 54.8 Å². The Morgan fingerprint density at radius 2 is 1.55 bits per heavy atom. The lowest BCUT2D eigenvalue weighted by Gasteiger charge is -2.32. The van der Waals surface area contributed by atoms with E-state index in [9.17, 15) is 9.59 Å². The van der Waals surface area contributed by atoms with Gasteiger partial charge in [0.1, 0.15) is 4.88 Å². The van der Waals surface area contributed by atoms with Gasteiger partial charge in [-0.15, -0.1) is 11.3 Å². The van der Waals surface area contributed by atoms with Crippen molar-refractivity contribution in [2.24, 2.45) is 0 Å². The fraction of sp³-hybridized carbons (Fsp3) is 0.214. The van der Waals surface area contributed by atoms with Crippen LogP contribution in [0, 0.1) is 0 Å². The molecule has 2 heterocycles. The Kier molecular flexibility index (Phi) is 8.23. The number of piperazine rings is 1. The number of fused-ring (bicyclic) bond motifs is 1. The van der Waals surface area contributed by atoms with Crippen LogP contribution in [0.3, 0.4) is 0 Å². The first-order valence-corrected chi connectivity index (χ1v) is 14.0. The molecule has 10 heteroatoms. The topological polar surface area (TPSA) is 64.7 Å². The molecule has 1 aliphatic heterocycles. The molecule has 0 radical (unpaired) electrons. The monoisotopic (exact) mass is 586 g/mol. The molecule has 196 valence electrons. The minimum atomic E-state index is -0.416. The summed E-state index contributed by atoms with van der Waals surface area (Å²) >= 11 is 20.1. The third kappa shape index (κ3) is 6.15. The van der Waals surface area contributed by atoms with Crippen molar-refractivity contribution >= 4 is 79.4 Å². The molecule has 5 rings (SSSR count). The summed E-state index contributed by atoms with van der Waals surface area (Å²) in [6.45, 7) is 5.03. The van der Waals surface area contributed by atoms with E-state index in [4.69, 9.17) is 34.8 Å². The second-order valence-electron chi connectivity index (χ2n) is 9.26. The smallest absolute Gasteiger partial charge is 0.267 e. The molecule has 0 aliphatic carbocycles. The first kappa shape index (κ1) is 26.9. The van der Waals surface area contributed by atoms with Crippen molar-refractivity contribution in [2.75, 3.05) is 43.9 Å². The number of nitrogens with one attached hydrogen (secondary N) is 2. The number of likely N-dealkylation sites (N-methyl/N-ethyl adjacent to an activating group) is 1. The molecule has 3 aromatic carbocycles. The van der Waals surface area contributed by atoms with Crippen LogP contribution in [-0.2, 0) is 6.54 Å². The molecule has 1 fully saturated rings. The number of hydrogen-bond donors (Lipinski definition) is 2. The van der Waals surface area contributed by atoms with Crippen LogP contribution in [0.25, 0.3) is 10.1 Å². The van der Waals surface area contributed by atoms with Crippen LogP contribution in [0.4, 0.5) is 11.4 Å². The molecule has 2 amide bonds. The largest absolute Gasteiger partial charge is 0.322 e. The molecule has 0 unspecified atom stereocenters. The summed E-state index contributed by atoms with van der Waals surface area (Å²) in [5, 5.41) is 7.82. The summed E-state index contributed by atoms with van der Waals surface area (Å²) < 4.78 is 0.948. The number of carbonyl (C=O) groups excluding carboxylic acids is 2. The lowest BCUT2D eigenvalue weighted by atomic mass is 10.1. The van der Waals surface area contributed by atoms with Gasteiger partial charge in [0.15, 0.2) is 0 Å². The summed E-state index contributed by atoms with van der Waals surface area (Å²) in [7, 11) is 2.14. The molecule has 38 heavy (non-hydrogen) atoms. The number of benzene rings is 3. The van der Waals surface area contributed by atoms with Crippen molar-refractivity contribution in [3.05, 3.63) is 91.7 Å². The summed E-state index contributed by atoms with van der Waals surface area (Å²) in [5.41, 5.74) is 2.31. The van der Waals surface area contributed by atoms with Gasteiger partial charge in [-0.3, -0.25) is 14.5 Å². The maximum absolute atomic E-state index is 13.3. The van der Waals surface area contributed by atoms with Crippen molar-refractivity contribution in [1.82, 2.24) is 9.80 Å². The predicted octanol–water partition coefficient (Wildman–Crippen LogP) is 7.11. The van der Waals surface area contributed by atoms with Crippen molar-refractivity contribution in [2.45, 2.75) is 6.54 Å². The highest BCUT2D eigenvalue weighted by atomic mass is 35.5. The van der Waals surface area contributed by atoms with Crippen molar-refractivity contribution in [3.63, 3.8) is 0 Å². The van der Waals surface area contributed by atoms with Gasteiger partial charge >= 0.3 is 0 Å². The highest BCUT2D eigenvalue weighted by Gasteiger charge is 2.21. The van der Waals surface area contributed by atoms with E-state index >= 15 is 0 Å². The number of hydrogen-bond acceptors (Lipinski definition) is 5. The highest BCUT2D eigenvalue weighted by Crippen LogP contribution is 2.37. The number of carbonyl (C=O) groups is 2. The highest BCUT2D eigenvalue weighted by molar-refractivity contribution is 7.21. The fourth-order valence-corrected chi connectivity index (χ4v) is 6.12. The van der Waals surface area contributed by atoms with E-state index in [2.05, 4.69) is 39.6 Å². The van der Waals surface area contributed by atoms with Crippen molar-refractivity contribution in [1.29, 1.82) is 0 Å². The Balaban J connectivity index is 1.35. The second-order valence-corrected chi connectivity index (χ2v) is 11.6. The van der Waals surface area contributed by atoms with Gasteiger partial charge < -0.3 is 15.5 Å². The average molecular weight is 588 g/mol. The van der Waals surface area contributed by atoms with E-state index < -0.39 is 5.91 Å². The first-order chi connectivity index (χ1) is 18.3. The Hall–Kier alpha value is -2.65. The maximum Gasteiger partial charge on any atom is 0.267 e. The zero-order valence-corrected chi connectivity index (χ0v) is 23.6. The van der Waals surface area contributed by atoms with Gasteiger partial charge in [0.25, 0.3) is 11.8 Å². The fourth-order valence-electron chi connectivity index (χ4n) is 4.34. The van der Waals surface area contributed by atoms with E-state index in [0.29, 0.717) is 31.3 Å². The zero-order valence-electron chi connectivity index (χ0n) is 20.6. The van der Waals surface area contributed by atoms with E-state index in [1.54, 1.807) is 36.4 Å². The lowest BCUT2D eigenvalue weighted by molar-refractivity contribution is 0.102. The van der Waals surface area contributed by atoms with Gasteiger partial charge in [-0.2, -0.15) is 0 Å². The van der Waals surface area contributed by atoms with E-state index in [1.165, 1.54) is 23.0 Å². The van der Waals surface area contributed by atoms with E-state index in [1.807, 2.05) is 6.07 Å². The number of amides is 2. The van der Waals surface area contributed by atoms with Crippen LogP contribution in [0.5, 0.6) is 0 Å². The standard InChI is InChI=1S/C28H25Cl3N4O2S/c1-34-10-12-35(13-11-34)16-17-2-8-21-24(14-17)38-26(25(21)31)28(37)33-23-9-5-19(30)15-22(23)27(36)32-20-6-3-18(29)4-7-20/h2-9,14-15H,10-13,16H2,1H3,(H,32,36)(H,33,37). The third-order valence-electron chi connectivity index (χ3n) is 6.48. The molecule has 1 aromatic heterocycles. The molecule has 1 saturated heterocycles. The van der Waals surface area contributed by atoms with Crippen LogP contribution >= 0.6 is 46.1 Å².